The highest BCUT2D eigenvalue weighted by Gasteiger charge is 2.14. The van der Waals surface area contributed by atoms with Crippen molar-refractivity contribution in [2.45, 2.75) is 6.42 Å². The topological polar surface area (TPSA) is 85.5 Å². The van der Waals surface area contributed by atoms with E-state index in [1.165, 1.54) is 0 Å². The molecule has 0 radical (unpaired) electrons. The molecule has 0 aliphatic heterocycles. The third-order valence-corrected chi connectivity index (χ3v) is 3.15. The van der Waals surface area contributed by atoms with Crippen LogP contribution in [-0.4, -0.2) is 27.8 Å². The molecule has 1 N–H and O–H groups in total. The zero-order valence-corrected chi connectivity index (χ0v) is 12.2. The maximum absolute atomic E-state index is 10.6. The van der Waals surface area contributed by atoms with Gasteiger partial charge in [0.15, 0.2) is 0 Å². The fourth-order valence-electron chi connectivity index (χ4n) is 2.05. The van der Waals surface area contributed by atoms with Crippen molar-refractivity contribution in [1.29, 1.82) is 0 Å². The summed E-state index contributed by atoms with van der Waals surface area (Å²) in [7, 11) is 0. The van der Waals surface area contributed by atoms with Crippen molar-refractivity contribution < 1.29 is 19.2 Å². The standard InChI is InChI=1S/C17H14N2O4/c20-15(21)10-11-22-14-9-5-4-8-13(14)17-18-16(19-23-17)12-6-2-1-3-7-12/h1-9H,10-11H2,(H,20,21). The highest BCUT2D eigenvalue weighted by Crippen LogP contribution is 2.30. The lowest BCUT2D eigenvalue weighted by molar-refractivity contribution is -0.137. The molecule has 116 valence electrons. The lowest BCUT2D eigenvalue weighted by Gasteiger charge is -2.07. The number of para-hydroxylation sites is 1. The van der Waals surface area contributed by atoms with Gasteiger partial charge >= 0.3 is 5.97 Å². The van der Waals surface area contributed by atoms with Gasteiger partial charge in [-0.1, -0.05) is 47.6 Å². The summed E-state index contributed by atoms with van der Waals surface area (Å²) in [5.41, 5.74) is 1.49. The van der Waals surface area contributed by atoms with E-state index in [9.17, 15) is 4.79 Å². The van der Waals surface area contributed by atoms with E-state index in [0.717, 1.165) is 5.56 Å². The van der Waals surface area contributed by atoms with Crippen LogP contribution in [0.3, 0.4) is 0 Å². The second kappa shape index (κ2) is 6.74. The van der Waals surface area contributed by atoms with Gasteiger partial charge < -0.3 is 14.4 Å². The van der Waals surface area contributed by atoms with Crippen molar-refractivity contribution in [3.05, 3.63) is 54.6 Å². The molecule has 23 heavy (non-hydrogen) atoms. The largest absolute Gasteiger partial charge is 0.492 e. The second-order valence-corrected chi connectivity index (χ2v) is 4.78. The molecule has 6 heteroatoms. The minimum atomic E-state index is -0.911. The molecule has 0 amide bonds. The van der Waals surface area contributed by atoms with Crippen LogP contribution in [-0.2, 0) is 4.79 Å². The van der Waals surface area contributed by atoms with E-state index in [0.29, 0.717) is 23.0 Å². The second-order valence-electron chi connectivity index (χ2n) is 4.78. The molecule has 1 aromatic heterocycles. The number of hydrogen-bond donors (Lipinski definition) is 1. The molecule has 0 unspecified atom stereocenters. The van der Waals surface area contributed by atoms with Crippen molar-refractivity contribution in [3.63, 3.8) is 0 Å². The SMILES string of the molecule is O=C(O)CCOc1ccccc1-c1nc(-c2ccccc2)no1. The number of aliphatic carboxylic acids is 1. The third-order valence-electron chi connectivity index (χ3n) is 3.15. The first kappa shape index (κ1) is 14.8. The first-order chi connectivity index (χ1) is 11.2. The lowest BCUT2D eigenvalue weighted by Crippen LogP contribution is -2.05. The van der Waals surface area contributed by atoms with Gasteiger partial charge in [-0.05, 0) is 12.1 Å². The van der Waals surface area contributed by atoms with E-state index in [1.54, 1.807) is 18.2 Å². The Balaban J connectivity index is 1.85. The molecular formula is C17H14N2O4. The molecule has 0 atom stereocenters. The summed E-state index contributed by atoms with van der Waals surface area (Å²) in [6.45, 7) is 0.0754. The van der Waals surface area contributed by atoms with Gasteiger partial charge in [0.1, 0.15) is 5.75 Å². The van der Waals surface area contributed by atoms with Crippen LogP contribution in [0, 0.1) is 0 Å². The number of carboxylic acid groups (broad SMARTS) is 1. The molecule has 0 bridgehead atoms. The first-order valence-electron chi connectivity index (χ1n) is 7.07. The van der Waals surface area contributed by atoms with Gasteiger partial charge in [0.05, 0.1) is 18.6 Å². The highest BCUT2D eigenvalue weighted by molar-refractivity contribution is 5.67. The molecule has 0 aliphatic rings. The van der Waals surface area contributed by atoms with Gasteiger partial charge in [-0.3, -0.25) is 4.79 Å². The predicted octanol–water partition coefficient (Wildman–Crippen LogP) is 3.26. The van der Waals surface area contributed by atoms with Gasteiger partial charge in [-0.15, -0.1) is 0 Å². The van der Waals surface area contributed by atoms with Crippen LogP contribution < -0.4 is 4.74 Å². The Morgan fingerprint density at radius 1 is 1.09 bits per heavy atom. The van der Waals surface area contributed by atoms with Crippen molar-refractivity contribution in [3.8, 4) is 28.6 Å². The van der Waals surface area contributed by atoms with E-state index in [4.69, 9.17) is 14.4 Å². The summed E-state index contributed by atoms with van der Waals surface area (Å²) in [6.07, 6.45) is -0.0760. The Kier molecular flexibility index (Phi) is 4.33. The summed E-state index contributed by atoms with van der Waals surface area (Å²) in [5, 5.41) is 12.7. The number of nitrogens with zero attached hydrogens (tertiary/aromatic N) is 2. The molecule has 0 fully saturated rings. The molecule has 2 aromatic carbocycles. The fourth-order valence-corrected chi connectivity index (χ4v) is 2.05. The number of carboxylic acids is 1. The number of ether oxygens (including phenoxy) is 1. The normalized spacial score (nSPS) is 10.4. The molecular weight excluding hydrogens is 296 g/mol. The van der Waals surface area contributed by atoms with Gasteiger partial charge in [-0.25, -0.2) is 0 Å². The summed E-state index contributed by atoms with van der Waals surface area (Å²) in [6, 6.07) is 16.6. The maximum Gasteiger partial charge on any atom is 0.306 e. The minimum absolute atomic E-state index is 0.0754. The predicted molar refractivity (Wildman–Crippen MR) is 82.9 cm³/mol. The molecule has 6 nitrogen and oxygen atoms in total. The molecule has 0 aliphatic carbocycles. The monoisotopic (exact) mass is 310 g/mol. The Hall–Kier alpha value is -3.15. The number of carbonyl (C=O) groups is 1. The quantitative estimate of drug-likeness (QED) is 0.752. The van der Waals surface area contributed by atoms with Crippen LogP contribution in [0.4, 0.5) is 0 Å². The van der Waals surface area contributed by atoms with E-state index in [-0.39, 0.29) is 13.0 Å². The average molecular weight is 310 g/mol. The van der Waals surface area contributed by atoms with Gasteiger partial charge in [-0.2, -0.15) is 4.98 Å². The number of benzene rings is 2. The lowest BCUT2D eigenvalue weighted by atomic mass is 10.2. The van der Waals surface area contributed by atoms with Crippen LogP contribution in [0.25, 0.3) is 22.8 Å². The Morgan fingerprint density at radius 3 is 2.61 bits per heavy atom. The van der Waals surface area contributed by atoms with Crippen molar-refractivity contribution in [1.82, 2.24) is 10.1 Å². The molecule has 3 rings (SSSR count). The van der Waals surface area contributed by atoms with E-state index < -0.39 is 5.97 Å². The first-order valence-corrected chi connectivity index (χ1v) is 7.07. The van der Waals surface area contributed by atoms with Crippen molar-refractivity contribution in [2.75, 3.05) is 6.61 Å². The average Bonchev–Trinajstić information content (AvgIpc) is 3.06. The minimum Gasteiger partial charge on any atom is -0.492 e. The molecule has 0 saturated heterocycles. The van der Waals surface area contributed by atoms with Crippen LogP contribution in [0.5, 0.6) is 5.75 Å². The molecule has 1 heterocycles. The van der Waals surface area contributed by atoms with E-state index >= 15 is 0 Å². The van der Waals surface area contributed by atoms with Crippen molar-refractivity contribution >= 4 is 5.97 Å². The summed E-state index contributed by atoms with van der Waals surface area (Å²) in [4.78, 5) is 15.0. The summed E-state index contributed by atoms with van der Waals surface area (Å²) < 4.78 is 10.8. The zero-order chi connectivity index (χ0) is 16.1. The number of rotatable bonds is 6. The van der Waals surface area contributed by atoms with Gasteiger partial charge in [0.2, 0.25) is 5.82 Å². The smallest absolute Gasteiger partial charge is 0.306 e. The summed E-state index contributed by atoms with van der Waals surface area (Å²) >= 11 is 0. The number of hydrogen-bond acceptors (Lipinski definition) is 5. The third kappa shape index (κ3) is 3.55. The van der Waals surface area contributed by atoms with Crippen LogP contribution in [0.2, 0.25) is 0 Å². The Labute approximate surface area is 132 Å². The fraction of sp³-hybridized carbons (Fsp3) is 0.118. The highest BCUT2D eigenvalue weighted by atomic mass is 16.5. The Morgan fingerprint density at radius 2 is 1.83 bits per heavy atom. The number of aromatic nitrogens is 2. The molecule has 0 spiro atoms. The van der Waals surface area contributed by atoms with Crippen molar-refractivity contribution in [2.24, 2.45) is 0 Å². The van der Waals surface area contributed by atoms with Crippen LogP contribution in [0.15, 0.2) is 59.1 Å². The Bertz CT molecular complexity index is 799. The summed E-state index contributed by atoms with van der Waals surface area (Å²) in [5.74, 6) is 0.416. The zero-order valence-electron chi connectivity index (χ0n) is 12.2. The van der Waals surface area contributed by atoms with Crippen LogP contribution in [0.1, 0.15) is 6.42 Å². The van der Waals surface area contributed by atoms with E-state index in [1.807, 2.05) is 36.4 Å². The maximum atomic E-state index is 10.6. The van der Waals surface area contributed by atoms with Gasteiger partial charge in [0, 0.05) is 5.56 Å². The molecule has 0 saturated carbocycles. The molecule has 3 aromatic rings. The van der Waals surface area contributed by atoms with Gasteiger partial charge in [0.25, 0.3) is 5.89 Å². The van der Waals surface area contributed by atoms with E-state index in [2.05, 4.69) is 10.1 Å². The van der Waals surface area contributed by atoms with Crippen LogP contribution >= 0.6 is 0 Å².